The fraction of sp³-hybridized carbons (Fsp3) is 0.588. The van der Waals surface area contributed by atoms with Gasteiger partial charge in [-0.25, -0.2) is 4.98 Å². The summed E-state index contributed by atoms with van der Waals surface area (Å²) >= 11 is 0. The summed E-state index contributed by atoms with van der Waals surface area (Å²) in [5.74, 6) is 0.0661. The minimum atomic E-state index is 0.0661. The summed E-state index contributed by atoms with van der Waals surface area (Å²) in [6.07, 6.45) is 5.35. The van der Waals surface area contributed by atoms with Crippen LogP contribution in [0.3, 0.4) is 0 Å². The maximum Gasteiger partial charge on any atom is 0.257 e. The van der Waals surface area contributed by atoms with Gasteiger partial charge in [0.15, 0.2) is 0 Å². The average Bonchev–Trinajstić information content (AvgIpc) is 3.02. The van der Waals surface area contributed by atoms with Crippen LogP contribution in [0.25, 0.3) is 11.1 Å². The van der Waals surface area contributed by atoms with Gasteiger partial charge in [0.1, 0.15) is 0 Å². The molecule has 23 heavy (non-hydrogen) atoms. The molecule has 1 fully saturated rings. The number of carbonyl (C=O) groups excluding carboxylic acids is 1. The summed E-state index contributed by atoms with van der Waals surface area (Å²) in [5, 5.41) is 8.22. The highest BCUT2D eigenvalue weighted by atomic mass is 16.5. The van der Waals surface area contributed by atoms with Crippen molar-refractivity contribution in [2.45, 2.75) is 45.6 Å². The first-order valence-corrected chi connectivity index (χ1v) is 8.50. The lowest BCUT2D eigenvalue weighted by Crippen LogP contribution is -2.46. The Hall–Kier alpha value is -1.95. The van der Waals surface area contributed by atoms with E-state index in [0.717, 1.165) is 56.4 Å². The zero-order valence-electron chi connectivity index (χ0n) is 13.8. The van der Waals surface area contributed by atoms with Gasteiger partial charge in [-0.1, -0.05) is 19.0 Å². The third-order valence-corrected chi connectivity index (χ3v) is 4.46. The van der Waals surface area contributed by atoms with Gasteiger partial charge in [0.05, 0.1) is 16.6 Å². The third kappa shape index (κ3) is 3.22. The molecule has 6 heteroatoms. The molecule has 1 N–H and O–H groups in total. The van der Waals surface area contributed by atoms with Crippen LogP contribution in [0.5, 0.6) is 0 Å². The van der Waals surface area contributed by atoms with E-state index in [1.54, 1.807) is 6.20 Å². The van der Waals surface area contributed by atoms with Crippen LogP contribution in [-0.4, -0.2) is 46.6 Å². The normalized spacial score (nSPS) is 15.9. The van der Waals surface area contributed by atoms with E-state index in [4.69, 9.17) is 4.52 Å². The van der Waals surface area contributed by atoms with Crippen molar-refractivity contribution in [2.24, 2.45) is 0 Å². The summed E-state index contributed by atoms with van der Waals surface area (Å²) in [7, 11) is 0. The number of rotatable bonds is 5. The van der Waals surface area contributed by atoms with Crippen molar-refractivity contribution < 1.29 is 9.32 Å². The summed E-state index contributed by atoms with van der Waals surface area (Å²) in [6.45, 7) is 6.86. The van der Waals surface area contributed by atoms with Crippen LogP contribution >= 0.6 is 0 Å². The molecule has 3 rings (SSSR count). The Morgan fingerprint density at radius 3 is 2.87 bits per heavy atom. The van der Waals surface area contributed by atoms with Crippen molar-refractivity contribution in [3.63, 3.8) is 0 Å². The molecule has 124 valence electrons. The first-order chi connectivity index (χ1) is 11.2. The van der Waals surface area contributed by atoms with Gasteiger partial charge in [-0.2, -0.15) is 0 Å². The molecule has 0 unspecified atom stereocenters. The summed E-state index contributed by atoms with van der Waals surface area (Å²) < 4.78 is 5.20. The number of pyridine rings is 1. The van der Waals surface area contributed by atoms with Gasteiger partial charge in [-0.3, -0.25) is 4.79 Å². The SMILES string of the molecule is CCCN(C(=O)c1cnc2onc(CC)c2c1)C1CCNCC1. The van der Waals surface area contributed by atoms with E-state index in [9.17, 15) is 4.79 Å². The van der Waals surface area contributed by atoms with Crippen molar-refractivity contribution >= 4 is 17.0 Å². The van der Waals surface area contributed by atoms with Gasteiger partial charge in [0, 0.05) is 18.8 Å². The first-order valence-electron chi connectivity index (χ1n) is 8.50. The standard InChI is InChI=1S/C17H24N4O2/c1-3-9-21(13-5-7-18-8-6-13)17(22)12-10-14-15(4-2)20-23-16(14)19-11-12/h10-11,13,18H,3-9H2,1-2H3. The second kappa shape index (κ2) is 7.08. The fourth-order valence-corrected chi connectivity index (χ4v) is 3.23. The number of nitrogens with one attached hydrogen (secondary N) is 1. The highest BCUT2D eigenvalue weighted by molar-refractivity contribution is 5.97. The van der Waals surface area contributed by atoms with Crippen LogP contribution in [0.15, 0.2) is 16.8 Å². The highest BCUT2D eigenvalue weighted by Crippen LogP contribution is 2.21. The molecule has 1 aliphatic heterocycles. The van der Waals surface area contributed by atoms with Crippen LogP contribution < -0.4 is 5.32 Å². The van der Waals surface area contributed by atoms with Crippen molar-refractivity contribution in [3.05, 3.63) is 23.5 Å². The lowest BCUT2D eigenvalue weighted by Gasteiger charge is -2.34. The maximum atomic E-state index is 13.0. The maximum absolute atomic E-state index is 13.0. The number of aromatic nitrogens is 2. The summed E-state index contributed by atoms with van der Waals surface area (Å²) in [4.78, 5) is 19.3. The van der Waals surface area contributed by atoms with Gasteiger partial charge in [-0.05, 0) is 44.8 Å². The fourth-order valence-electron chi connectivity index (χ4n) is 3.23. The Bertz CT molecular complexity index is 676. The Morgan fingerprint density at radius 1 is 1.39 bits per heavy atom. The molecule has 6 nitrogen and oxygen atoms in total. The number of fused-ring (bicyclic) bond motifs is 1. The molecule has 1 saturated heterocycles. The highest BCUT2D eigenvalue weighted by Gasteiger charge is 2.26. The van der Waals surface area contributed by atoms with Gasteiger partial charge in [0.2, 0.25) is 0 Å². The van der Waals surface area contributed by atoms with Crippen molar-refractivity contribution in [1.29, 1.82) is 0 Å². The van der Waals surface area contributed by atoms with E-state index >= 15 is 0 Å². The molecule has 0 aromatic carbocycles. The van der Waals surface area contributed by atoms with Crippen LogP contribution in [0.1, 0.15) is 49.2 Å². The van der Waals surface area contributed by atoms with Crippen molar-refractivity contribution in [2.75, 3.05) is 19.6 Å². The predicted octanol–water partition coefficient (Wildman–Crippen LogP) is 2.39. The Labute approximate surface area is 136 Å². The van der Waals surface area contributed by atoms with Crippen molar-refractivity contribution in [1.82, 2.24) is 20.4 Å². The molecule has 0 radical (unpaired) electrons. The zero-order valence-corrected chi connectivity index (χ0v) is 13.8. The molecular formula is C17H24N4O2. The average molecular weight is 316 g/mol. The Kier molecular flexibility index (Phi) is 4.91. The quantitative estimate of drug-likeness (QED) is 0.917. The molecule has 0 saturated carbocycles. The van der Waals surface area contributed by atoms with Crippen molar-refractivity contribution in [3.8, 4) is 0 Å². The summed E-state index contributed by atoms with van der Waals surface area (Å²) in [6, 6.07) is 2.19. The lowest BCUT2D eigenvalue weighted by molar-refractivity contribution is 0.0642. The number of hydrogen-bond donors (Lipinski definition) is 1. The first kappa shape index (κ1) is 15.9. The van der Waals surface area contributed by atoms with E-state index in [1.807, 2.05) is 17.9 Å². The van der Waals surface area contributed by atoms with E-state index in [2.05, 4.69) is 22.4 Å². The molecule has 2 aromatic rings. The monoisotopic (exact) mass is 316 g/mol. The van der Waals surface area contributed by atoms with E-state index in [0.29, 0.717) is 17.3 Å². The zero-order chi connectivity index (χ0) is 16.2. The van der Waals surface area contributed by atoms with Crippen LogP contribution in [-0.2, 0) is 6.42 Å². The topological polar surface area (TPSA) is 71.3 Å². The number of carbonyl (C=O) groups is 1. The second-order valence-corrected chi connectivity index (χ2v) is 6.04. The number of amides is 1. The number of nitrogens with zero attached hydrogens (tertiary/aromatic N) is 3. The minimum Gasteiger partial charge on any atom is -0.336 e. The van der Waals surface area contributed by atoms with Gasteiger partial charge in [0.25, 0.3) is 11.6 Å². The van der Waals surface area contributed by atoms with Gasteiger partial charge in [-0.15, -0.1) is 0 Å². The smallest absolute Gasteiger partial charge is 0.257 e. The molecule has 1 aliphatic rings. The van der Waals surface area contributed by atoms with E-state index in [-0.39, 0.29) is 5.91 Å². The predicted molar refractivity (Wildman–Crippen MR) is 88.4 cm³/mol. The van der Waals surface area contributed by atoms with E-state index in [1.165, 1.54) is 0 Å². The minimum absolute atomic E-state index is 0.0661. The molecule has 0 spiro atoms. The number of hydrogen-bond acceptors (Lipinski definition) is 5. The van der Waals surface area contributed by atoms with Crippen LogP contribution in [0.2, 0.25) is 0 Å². The lowest BCUT2D eigenvalue weighted by atomic mass is 10.0. The number of aryl methyl sites for hydroxylation is 1. The Morgan fingerprint density at radius 2 is 2.17 bits per heavy atom. The van der Waals surface area contributed by atoms with Crippen LogP contribution in [0.4, 0.5) is 0 Å². The molecule has 2 aromatic heterocycles. The van der Waals surface area contributed by atoms with Crippen LogP contribution in [0, 0.1) is 0 Å². The third-order valence-electron chi connectivity index (χ3n) is 4.46. The van der Waals surface area contributed by atoms with Gasteiger partial charge >= 0.3 is 0 Å². The second-order valence-electron chi connectivity index (χ2n) is 6.04. The molecule has 0 aliphatic carbocycles. The van der Waals surface area contributed by atoms with E-state index < -0.39 is 0 Å². The molecule has 0 atom stereocenters. The molecule has 3 heterocycles. The molecule has 0 bridgehead atoms. The number of piperidine rings is 1. The van der Waals surface area contributed by atoms with Gasteiger partial charge < -0.3 is 14.7 Å². The largest absolute Gasteiger partial charge is 0.336 e. The summed E-state index contributed by atoms with van der Waals surface area (Å²) in [5.41, 5.74) is 1.98. The Balaban J connectivity index is 1.89. The molecular weight excluding hydrogens is 292 g/mol. The molecule has 1 amide bonds.